The van der Waals surface area contributed by atoms with E-state index >= 15 is 0 Å². The van der Waals surface area contributed by atoms with Gasteiger partial charge in [0.15, 0.2) is 5.79 Å². The van der Waals surface area contributed by atoms with Crippen LogP contribution < -0.4 is 0 Å². The van der Waals surface area contributed by atoms with Gasteiger partial charge in [-0.15, -0.1) is 0 Å². The van der Waals surface area contributed by atoms with E-state index in [1.54, 1.807) is 0 Å². The van der Waals surface area contributed by atoms with Crippen LogP contribution in [0.1, 0.15) is 64.2 Å². The molecule has 5 nitrogen and oxygen atoms in total. The maximum atomic E-state index is 7.02. The van der Waals surface area contributed by atoms with Gasteiger partial charge in [0.1, 0.15) is 6.10 Å². The van der Waals surface area contributed by atoms with Gasteiger partial charge in [0.05, 0.1) is 30.0 Å². The topological polar surface area (TPSA) is 41.3 Å². The van der Waals surface area contributed by atoms with Crippen molar-refractivity contribution < 1.29 is 18.9 Å². The van der Waals surface area contributed by atoms with Crippen LogP contribution in [0.2, 0.25) is 0 Å². The molecule has 5 aliphatic rings. The fourth-order valence-electron chi connectivity index (χ4n) is 5.74. The standard InChI is InChI=1S/C19H27NO4/c1-20-10-7-13-5-6-16-18(22-13)11-14(21-16)17-15(12-18)23-19(24-17)8-3-2-4-9-19/h13-17H,2-12H2/t13-,14-,15-,16+,17?,18?/m1/s1. The van der Waals surface area contributed by atoms with Crippen LogP contribution in [0.3, 0.4) is 0 Å². The molecule has 6 atom stereocenters. The van der Waals surface area contributed by atoms with Crippen molar-refractivity contribution in [3.05, 3.63) is 11.4 Å². The fourth-order valence-corrected chi connectivity index (χ4v) is 5.74. The van der Waals surface area contributed by atoms with Crippen LogP contribution in [-0.2, 0) is 18.9 Å². The fraction of sp³-hybridized carbons (Fsp3) is 0.947. The summed E-state index contributed by atoms with van der Waals surface area (Å²) in [5.41, 5.74) is -0.194. The normalized spacial score (nSPS) is 48.7. The summed E-state index contributed by atoms with van der Waals surface area (Å²) in [4.78, 5) is 3.50. The number of nitrogens with zero attached hydrogens (tertiary/aromatic N) is 1. The molecule has 2 aliphatic carbocycles. The third-order valence-electron chi connectivity index (χ3n) is 6.80. The van der Waals surface area contributed by atoms with Crippen molar-refractivity contribution in [1.29, 1.82) is 0 Å². The molecule has 5 heteroatoms. The zero-order valence-corrected chi connectivity index (χ0v) is 14.2. The molecule has 0 N–H and O–H groups in total. The lowest BCUT2D eigenvalue weighted by molar-refractivity contribution is -0.215. The van der Waals surface area contributed by atoms with E-state index in [0.717, 1.165) is 44.9 Å². The second-order valence-corrected chi connectivity index (χ2v) is 8.33. The molecule has 5 rings (SSSR count). The second kappa shape index (κ2) is 5.67. The summed E-state index contributed by atoms with van der Waals surface area (Å²) in [7, 11) is 0. The summed E-state index contributed by atoms with van der Waals surface area (Å²) in [6.07, 6.45) is 11.2. The minimum absolute atomic E-state index is 0.0876. The van der Waals surface area contributed by atoms with Crippen LogP contribution in [-0.4, -0.2) is 48.5 Å². The summed E-state index contributed by atoms with van der Waals surface area (Å²) in [5, 5.41) is 0. The molecule has 0 radical (unpaired) electrons. The zero-order valence-electron chi connectivity index (χ0n) is 14.2. The van der Waals surface area contributed by atoms with Gasteiger partial charge >= 0.3 is 0 Å². The van der Waals surface area contributed by atoms with Gasteiger partial charge in [-0.05, 0) is 25.7 Å². The molecular weight excluding hydrogens is 306 g/mol. The Labute approximate surface area is 143 Å². The smallest absolute Gasteiger partial charge is 0.217 e. The number of hydrogen-bond donors (Lipinski definition) is 0. The van der Waals surface area contributed by atoms with E-state index in [2.05, 4.69) is 4.85 Å². The first kappa shape index (κ1) is 15.6. The Bertz CT molecular complexity index is 540. The Morgan fingerprint density at radius 2 is 1.79 bits per heavy atom. The number of ether oxygens (including phenoxy) is 4. The molecule has 3 heterocycles. The third kappa shape index (κ3) is 2.34. The van der Waals surface area contributed by atoms with Crippen molar-refractivity contribution in [2.75, 3.05) is 6.54 Å². The quantitative estimate of drug-likeness (QED) is 0.728. The van der Waals surface area contributed by atoms with Crippen molar-refractivity contribution in [2.45, 2.75) is 106 Å². The zero-order chi connectivity index (χ0) is 16.2. The highest BCUT2D eigenvalue weighted by molar-refractivity contribution is 5.12. The highest BCUT2D eigenvalue weighted by Gasteiger charge is 2.65. The van der Waals surface area contributed by atoms with Crippen molar-refractivity contribution in [3.63, 3.8) is 0 Å². The molecule has 5 fully saturated rings. The van der Waals surface area contributed by atoms with Crippen LogP contribution in [0.15, 0.2) is 0 Å². The van der Waals surface area contributed by atoms with Gasteiger partial charge in [-0.1, -0.05) is 6.42 Å². The largest absolute Gasteiger partial charge is 0.369 e. The van der Waals surface area contributed by atoms with E-state index in [-0.39, 0.29) is 41.9 Å². The van der Waals surface area contributed by atoms with Crippen LogP contribution in [0.5, 0.6) is 0 Å². The van der Waals surface area contributed by atoms with Gasteiger partial charge in [-0.3, -0.25) is 0 Å². The Hall–Kier alpha value is -0.670. The van der Waals surface area contributed by atoms with Crippen molar-refractivity contribution in [3.8, 4) is 0 Å². The first-order valence-corrected chi connectivity index (χ1v) is 9.74. The minimum atomic E-state index is -0.342. The molecule has 3 saturated heterocycles. The maximum absolute atomic E-state index is 7.02. The second-order valence-electron chi connectivity index (χ2n) is 8.33. The number of fused-ring (bicyclic) bond motifs is 3. The molecule has 3 aliphatic heterocycles. The molecule has 0 aromatic carbocycles. The van der Waals surface area contributed by atoms with Gasteiger partial charge in [0.2, 0.25) is 6.54 Å². The van der Waals surface area contributed by atoms with E-state index in [1.807, 2.05) is 0 Å². The van der Waals surface area contributed by atoms with E-state index in [0.29, 0.717) is 6.54 Å². The highest BCUT2D eigenvalue weighted by atomic mass is 16.8. The third-order valence-corrected chi connectivity index (χ3v) is 6.80. The van der Waals surface area contributed by atoms with Crippen LogP contribution in [0.4, 0.5) is 0 Å². The Balaban J connectivity index is 1.33. The molecule has 2 saturated carbocycles. The van der Waals surface area contributed by atoms with Crippen molar-refractivity contribution >= 4 is 0 Å². The first-order valence-electron chi connectivity index (χ1n) is 9.74. The summed E-state index contributed by atoms with van der Waals surface area (Å²) in [6, 6.07) is 0. The van der Waals surface area contributed by atoms with Crippen LogP contribution in [0, 0.1) is 6.57 Å². The summed E-state index contributed by atoms with van der Waals surface area (Å²) in [6.45, 7) is 7.58. The van der Waals surface area contributed by atoms with Crippen LogP contribution >= 0.6 is 0 Å². The molecule has 132 valence electrons. The number of rotatable bonds is 2. The highest BCUT2D eigenvalue weighted by Crippen LogP contribution is 2.55. The van der Waals surface area contributed by atoms with E-state index < -0.39 is 0 Å². The average molecular weight is 333 g/mol. The molecular formula is C19H27NO4. The lowest BCUT2D eigenvalue weighted by atomic mass is 9.76. The molecule has 0 aromatic rings. The Kier molecular flexibility index (Phi) is 3.68. The van der Waals surface area contributed by atoms with E-state index in [9.17, 15) is 0 Å². The molecule has 2 unspecified atom stereocenters. The Morgan fingerprint density at radius 3 is 2.62 bits per heavy atom. The molecule has 0 aromatic heterocycles. The van der Waals surface area contributed by atoms with Gasteiger partial charge < -0.3 is 23.8 Å². The number of hydrogen-bond acceptors (Lipinski definition) is 4. The van der Waals surface area contributed by atoms with Crippen LogP contribution in [0.25, 0.3) is 4.85 Å². The van der Waals surface area contributed by atoms with Crippen molar-refractivity contribution in [1.82, 2.24) is 0 Å². The monoisotopic (exact) mass is 333 g/mol. The molecule has 2 spiro atoms. The first-order chi connectivity index (χ1) is 11.7. The van der Waals surface area contributed by atoms with E-state index in [4.69, 9.17) is 25.5 Å². The van der Waals surface area contributed by atoms with Gasteiger partial charge in [-0.2, -0.15) is 0 Å². The predicted molar refractivity (Wildman–Crippen MR) is 86.4 cm³/mol. The summed E-state index contributed by atoms with van der Waals surface area (Å²) >= 11 is 0. The molecule has 0 amide bonds. The predicted octanol–water partition coefficient (Wildman–Crippen LogP) is 3.22. The van der Waals surface area contributed by atoms with E-state index in [1.165, 1.54) is 19.3 Å². The summed E-state index contributed by atoms with van der Waals surface area (Å²) in [5.74, 6) is -0.342. The average Bonchev–Trinajstić information content (AvgIpc) is 3.09. The van der Waals surface area contributed by atoms with Gasteiger partial charge in [-0.25, -0.2) is 6.57 Å². The van der Waals surface area contributed by atoms with Crippen molar-refractivity contribution in [2.24, 2.45) is 0 Å². The van der Waals surface area contributed by atoms with Gasteiger partial charge in [0, 0.05) is 32.1 Å². The lowest BCUT2D eigenvalue weighted by Crippen LogP contribution is -2.53. The molecule has 2 bridgehead atoms. The lowest BCUT2D eigenvalue weighted by Gasteiger charge is -2.44. The Morgan fingerprint density at radius 1 is 0.958 bits per heavy atom. The van der Waals surface area contributed by atoms with Gasteiger partial charge in [0.25, 0.3) is 0 Å². The maximum Gasteiger partial charge on any atom is 0.217 e. The molecule has 24 heavy (non-hydrogen) atoms. The minimum Gasteiger partial charge on any atom is -0.369 e. The summed E-state index contributed by atoms with van der Waals surface area (Å²) < 4.78 is 25.9. The SMILES string of the molecule is [C-]#[N+]CC[C@H]1CC[C@@H]2O[C@@H]3CC2(C[C@H]2OC4(CCCCC4)OC32)O1.